The molecule has 0 atom stereocenters. The number of nitrogens with one attached hydrogen (secondary N) is 1. The van der Waals surface area contributed by atoms with E-state index in [1.54, 1.807) is 6.20 Å². The minimum Gasteiger partial charge on any atom is -0.491 e. The van der Waals surface area contributed by atoms with Crippen LogP contribution in [0.3, 0.4) is 0 Å². The van der Waals surface area contributed by atoms with Crippen molar-refractivity contribution in [1.29, 1.82) is 0 Å². The zero-order valence-corrected chi connectivity index (χ0v) is 15.3. The van der Waals surface area contributed by atoms with E-state index in [1.807, 2.05) is 74.5 Å². The van der Waals surface area contributed by atoms with Crippen LogP contribution in [-0.2, 0) is 6.61 Å². The van der Waals surface area contributed by atoms with E-state index in [4.69, 9.17) is 9.47 Å². The maximum Gasteiger partial charge on any atom is 0.178 e. The zero-order chi connectivity index (χ0) is 18.6. The quantitative estimate of drug-likeness (QED) is 0.527. The summed E-state index contributed by atoms with van der Waals surface area (Å²) >= 11 is 0. The maximum absolute atomic E-state index is 6.01. The van der Waals surface area contributed by atoms with Crippen molar-refractivity contribution in [2.75, 3.05) is 0 Å². The van der Waals surface area contributed by atoms with Gasteiger partial charge in [0.2, 0.25) is 0 Å². The highest BCUT2D eigenvalue weighted by Crippen LogP contribution is 2.30. The van der Waals surface area contributed by atoms with Gasteiger partial charge in [0, 0.05) is 17.8 Å². The van der Waals surface area contributed by atoms with Crippen LogP contribution in [0.1, 0.15) is 19.4 Å². The molecule has 0 saturated heterocycles. The summed E-state index contributed by atoms with van der Waals surface area (Å²) < 4.78 is 11.9. The van der Waals surface area contributed by atoms with E-state index in [2.05, 4.69) is 15.0 Å². The highest BCUT2D eigenvalue weighted by Gasteiger charge is 2.11. The van der Waals surface area contributed by atoms with Crippen molar-refractivity contribution in [2.24, 2.45) is 0 Å². The molecular weight excluding hydrogens is 338 g/mol. The monoisotopic (exact) mass is 359 g/mol. The number of H-pyrrole nitrogens is 1. The summed E-state index contributed by atoms with van der Waals surface area (Å²) in [4.78, 5) is 12.2. The van der Waals surface area contributed by atoms with Crippen LogP contribution >= 0.6 is 0 Å². The minimum absolute atomic E-state index is 0.0690. The Kier molecular flexibility index (Phi) is 4.75. The fourth-order valence-electron chi connectivity index (χ4n) is 2.85. The number of nitrogens with zero attached hydrogens (tertiary/aromatic N) is 2. The topological polar surface area (TPSA) is 60.0 Å². The van der Waals surface area contributed by atoms with Crippen LogP contribution in [0.4, 0.5) is 0 Å². The lowest BCUT2D eigenvalue weighted by Gasteiger charge is -2.14. The van der Waals surface area contributed by atoms with Crippen LogP contribution in [0.25, 0.3) is 22.6 Å². The molecule has 4 aromatic rings. The highest BCUT2D eigenvalue weighted by molar-refractivity contribution is 5.76. The molecule has 0 spiro atoms. The van der Waals surface area contributed by atoms with E-state index in [9.17, 15) is 0 Å². The van der Waals surface area contributed by atoms with E-state index >= 15 is 0 Å². The van der Waals surface area contributed by atoms with Gasteiger partial charge in [0.25, 0.3) is 0 Å². The number of hydrogen-bond donors (Lipinski definition) is 1. The smallest absolute Gasteiger partial charge is 0.178 e. The normalized spacial score (nSPS) is 11.1. The third-order valence-electron chi connectivity index (χ3n) is 4.03. The van der Waals surface area contributed by atoms with Gasteiger partial charge >= 0.3 is 0 Å². The van der Waals surface area contributed by atoms with Crippen LogP contribution in [0.15, 0.2) is 66.9 Å². The van der Waals surface area contributed by atoms with Crippen LogP contribution < -0.4 is 9.47 Å². The predicted molar refractivity (Wildman–Crippen MR) is 106 cm³/mol. The third-order valence-corrected chi connectivity index (χ3v) is 4.03. The molecule has 136 valence electrons. The number of rotatable bonds is 6. The van der Waals surface area contributed by atoms with E-state index in [-0.39, 0.29) is 6.10 Å². The number of hydrogen-bond acceptors (Lipinski definition) is 4. The average Bonchev–Trinajstić information content (AvgIpc) is 3.11. The van der Waals surface area contributed by atoms with Crippen molar-refractivity contribution in [3.8, 4) is 22.9 Å². The largest absolute Gasteiger partial charge is 0.491 e. The van der Waals surface area contributed by atoms with Crippen LogP contribution in [0, 0.1) is 0 Å². The molecule has 0 saturated carbocycles. The second kappa shape index (κ2) is 7.50. The molecule has 0 fully saturated rings. The van der Waals surface area contributed by atoms with Gasteiger partial charge in [-0.15, -0.1) is 0 Å². The minimum atomic E-state index is 0.0690. The Morgan fingerprint density at radius 3 is 2.56 bits per heavy atom. The molecule has 4 rings (SSSR count). The third kappa shape index (κ3) is 4.08. The number of benzene rings is 2. The fraction of sp³-hybridized carbons (Fsp3) is 0.182. The number of aromatic amines is 1. The molecule has 0 aliphatic heterocycles. The van der Waals surface area contributed by atoms with Crippen molar-refractivity contribution in [2.45, 2.75) is 26.6 Å². The van der Waals surface area contributed by atoms with Crippen LogP contribution in [0.5, 0.6) is 11.5 Å². The average molecular weight is 359 g/mol. The first kappa shape index (κ1) is 17.1. The molecule has 0 radical (unpaired) electrons. The summed E-state index contributed by atoms with van der Waals surface area (Å²) in [6, 6.07) is 19.8. The summed E-state index contributed by atoms with van der Waals surface area (Å²) in [6.45, 7) is 4.50. The molecule has 0 unspecified atom stereocenters. The Morgan fingerprint density at radius 1 is 0.963 bits per heavy atom. The summed E-state index contributed by atoms with van der Waals surface area (Å²) in [6.07, 6.45) is 1.80. The highest BCUT2D eigenvalue weighted by atomic mass is 16.5. The van der Waals surface area contributed by atoms with E-state index in [0.29, 0.717) is 12.3 Å². The number of aromatic nitrogens is 3. The van der Waals surface area contributed by atoms with Crippen molar-refractivity contribution in [3.05, 3.63) is 72.4 Å². The van der Waals surface area contributed by atoms with Crippen molar-refractivity contribution < 1.29 is 9.47 Å². The maximum atomic E-state index is 6.01. The molecule has 0 amide bonds. The molecule has 2 aromatic heterocycles. The lowest BCUT2D eigenvalue weighted by Crippen LogP contribution is -2.06. The summed E-state index contributed by atoms with van der Waals surface area (Å²) in [5.41, 5.74) is 3.60. The summed E-state index contributed by atoms with van der Waals surface area (Å²) in [5.74, 6) is 2.22. The molecule has 1 N–H and O–H groups in total. The SMILES string of the molecule is CC(C)Oc1cc(OCc2ccccc2)cc(-c2nc3ncccc3[nH]2)c1. The molecule has 5 heteroatoms. The summed E-state index contributed by atoms with van der Waals surface area (Å²) in [5, 5.41) is 0. The van der Waals surface area contributed by atoms with E-state index in [1.165, 1.54) is 0 Å². The Balaban J connectivity index is 1.67. The second-order valence-corrected chi connectivity index (χ2v) is 6.59. The first-order valence-electron chi connectivity index (χ1n) is 8.97. The zero-order valence-electron chi connectivity index (χ0n) is 15.3. The van der Waals surface area contributed by atoms with Gasteiger partial charge in [-0.25, -0.2) is 9.97 Å². The van der Waals surface area contributed by atoms with Crippen LogP contribution in [-0.4, -0.2) is 21.1 Å². The Labute approximate surface area is 158 Å². The van der Waals surface area contributed by atoms with Gasteiger partial charge in [0.15, 0.2) is 5.65 Å². The lowest BCUT2D eigenvalue weighted by molar-refractivity contribution is 0.239. The molecule has 0 aliphatic rings. The number of fused-ring (bicyclic) bond motifs is 1. The molecule has 2 heterocycles. The van der Waals surface area contributed by atoms with E-state index < -0.39 is 0 Å². The van der Waals surface area contributed by atoms with Crippen molar-refractivity contribution in [1.82, 2.24) is 15.0 Å². The standard InChI is InChI=1S/C22H21N3O2/c1-15(2)27-19-12-17(21-24-20-9-6-10-23-22(20)25-21)11-18(13-19)26-14-16-7-4-3-5-8-16/h3-13,15H,14H2,1-2H3,(H,23,24,25). The molecule has 2 aromatic carbocycles. The fourth-order valence-corrected chi connectivity index (χ4v) is 2.85. The number of ether oxygens (including phenoxy) is 2. The number of pyridine rings is 1. The Hall–Kier alpha value is -3.34. The molecule has 27 heavy (non-hydrogen) atoms. The van der Waals surface area contributed by atoms with Gasteiger partial charge in [-0.2, -0.15) is 0 Å². The van der Waals surface area contributed by atoms with E-state index in [0.717, 1.165) is 34.0 Å². The molecule has 0 bridgehead atoms. The van der Waals surface area contributed by atoms with Gasteiger partial charge in [0.05, 0.1) is 11.6 Å². The molecular formula is C22H21N3O2. The Morgan fingerprint density at radius 2 is 1.78 bits per heavy atom. The molecule has 0 aliphatic carbocycles. The van der Waals surface area contributed by atoms with Gasteiger partial charge < -0.3 is 14.5 Å². The Bertz CT molecular complexity index is 1010. The van der Waals surface area contributed by atoms with Gasteiger partial charge in [-0.05, 0) is 43.7 Å². The first-order chi connectivity index (χ1) is 13.2. The van der Waals surface area contributed by atoms with Crippen molar-refractivity contribution in [3.63, 3.8) is 0 Å². The van der Waals surface area contributed by atoms with Gasteiger partial charge in [0.1, 0.15) is 23.9 Å². The van der Waals surface area contributed by atoms with Crippen molar-refractivity contribution >= 4 is 11.2 Å². The second-order valence-electron chi connectivity index (χ2n) is 6.59. The van der Waals surface area contributed by atoms with Gasteiger partial charge in [-0.1, -0.05) is 30.3 Å². The predicted octanol–water partition coefficient (Wildman–Crippen LogP) is 4.99. The molecule has 5 nitrogen and oxygen atoms in total. The lowest BCUT2D eigenvalue weighted by atomic mass is 10.2. The first-order valence-corrected chi connectivity index (χ1v) is 8.97. The number of imidazole rings is 1. The van der Waals surface area contributed by atoms with Gasteiger partial charge in [-0.3, -0.25) is 0 Å². The summed E-state index contributed by atoms with van der Waals surface area (Å²) in [7, 11) is 0. The van der Waals surface area contributed by atoms with Crippen LogP contribution in [0.2, 0.25) is 0 Å².